The first kappa shape index (κ1) is 19.6. The lowest BCUT2D eigenvalue weighted by atomic mass is 10.0. The van der Waals surface area contributed by atoms with Crippen LogP contribution in [0.2, 0.25) is 0 Å². The smallest absolute Gasteiger partial charge is 0.237 e. The van der Waals surface area contributed by atoms with Gasteiger partial charge >= 0.3 is 0 Å². The number of nitrogens with two attached hydrogens (primary N) is 1. The zero-order valence-electron chi connectivity index (χ0n) is 17.0. The van der Waals surface area contributed by atoms with Crippen molar-refractivity contribution in [3.8, 4) is 0 Å². The number of carbonyl (C=O) groups excluding carboxylic acids is 1. The van der Waals surface area contributed by atoms with Gasteiger partial charge in [-0.3, -0.25) is 14.7 Å². The number of hydrogen-bond acceptors (Lipinski definition) is 4. The standard InChI is InChI=1S/C23H29N5O/c1-17-21(20-7-2-3-8-22(20)28(17)16-23(24)29)14-26-18-9-12-27(13-10-18)15-19-6-4-5-11-25-19/h2-8,11,18,26H,9-10,12-16H2,1H3,(H2,24,29). The molecule has 6 nitrogen and oxygen atoms in total. The fourth-order valence-electron chi connectivity index (χ4n) is 4.35. The summed E-state index contributed by atoms with van der Waals surface area (Å²) in [5.74, 6) is -0.311. The van der Waals surface area contributed by atoms with Gasteiger partial charge in [0.25, 0.3) is 0 Å². The van der Waals surface area contributed by atoms with Crippen molar-refractivity contribution in [1.82, 2.24) is 19.8 Å². The van der Waals surface area contributed by atoms with E-state index in [2.05, 4.69) is 46.4 Å². The Morgan fingerprint density at radius 1 is 1.17 bits per heavy atom. The van der Waals surface area contributed by atoms with Crippen molar-refractivity contribution in [3.05, 3.63) is 65.6 Å². The molecule has 0 aliphatic carbocycles. The zero-order valence-corrected chi connectivity index (χ0v) is 17.0. The van der Waals surface area contributed by atoms with Gasteiger partial charge in [-0.25, -0.2) is 0 Å². The van der Waals surface area contributed by atoms with E-state index in [-0.39, 0.29) is 12.5 Å². The van der Waals surface area contributed by atoms with E-state index >= 15 is 0 Å². The summed E-state index contributed by atoms with van der Waals surface area (Å²) < 4.78 is 2.03. The molecule has 0 radical (unpaired) electrons. The van der Waals surface area contributed by atoms with E-state index in [0.29, 0.717) is 6.04 Å². The molecule has 0 bridgehead atoms. The molecule has 3 N–H and O–H groups in total. The van der Waals surface area contributed by atoms with Crippen LogP contribution in [0.25, 0.3) is 10.9 Å². The van der Waals surface area contributed by atoms with E-state index in [9.17, 15) is 4.79 Å². The summed E-state index contributed by atoms with van der Waals surface area (Å²) in [5.41, 5.74) is 10.1. The lowest BCUT2D eigenvalue weighted by Crippen LogP contribution is -2.42. The summed E-state index contributed by atoms with van der Waals surface area (Å²) in [6, 6.07) is 14.9. The zero-order chi connectivity index (χ0) is 20.2. The Hall–Kier alpha value is -2.70. The van der Waals surface area contributed by atoms with Crippen LogP contribution in [0.15, 0.2) is 48.7 Å². The minimum Gasteiger partial charge on any atom is -0.368 e. The molecule has 3 aromatic rings. The largest absolute Gasteiger partial charge is 0.368 e. The third-order valence-corrected chi connectivity index (χ3v) is 5.94. The minimum absolute atomic E-state index is 0.220. The van der Waals surface area contributed by atoms with Crippen molar-refractivity contribution >= 4 is 16.8 Å². The summed E-state index contributed by atoms with van der Waals surface area (Å²) in [6.45, 7) is 6.19. The van der Waals surface area contributed by atoms with E-state index in [1.54, 1.807) is 0 Å². The minimum atomic E-state index is -0.311. The number of hydrogen-bond donors (Lipinski definition) is 2. The molecule has 0 spiro atoms. The number of fused-ring (bicyclic) bond motifs is 1. The van der Waals surface area contributed by atoms with Gasteiger partial charge < -0.3 is 15.6 Å². The summed E-state index contributed by atoms with van der Waals surface area (Å²) in [4.78, 5) is 18.4. The normalized spacial score (nSPS) is 15.8. The Bertz CT molecular complexity index is 974. The Kier molecular flexibility index (Phi) is 5.92. The molecule has 1 aliphatic rings. The molecule has 0 atom stereocenters. The predicted molar refractivity (Wildman–Crippen MR) is 115 cm³/mol. The van der Waals surface area contributed by atoms with E-state index in [1.807, 2.05) is 29.0 Å². The molecular formula is C23H29N5O. The molecule has 1 aliphatic heterocycles. The average molecular weight is 392 g/mol. The quantitative estimate of drug-likeness (QED) is 0.649. The second kappa shape index (κ2) is 8.76. The maximum Gasteiger partial charge on any atom is 0.237 e. The van der Waals surface area contributed by atoms with Crippen molar-refractivity contribution in [3.63, 3.8) is 0 Å². The Morgan fingerprint density at radius 3 is 2.66 bits per heavy atom. The van der Waals surface area contributed by atoms with E-state index < -0.39 is 0 Å². The van der Waals surface area contributed by atoms with E-state index in [4.69, 9.17) is 5.73 Å². The van der Waals surface area contributed by atoms with Gasteiger partial charge in [-0.15, -0.1) is 0 Å². The first-order valence-electron chi connectivity index (χ1n) is 10.3. The molecular weight excluding hydrogens is 362 g/mol. The van der Waals surface area contributed by atoms with Gasteiger partial charge in [-0.05, 0) is 43.5 Å². The van der Waals surface area contributed by atoms with Gasteiger partial charge in [0.05, 0.1) is 5.69 Å². The van der Waals surface area contributed by atoms with Gasteiger partial charge in [0.15, 0.2) is 0 Å². The molecule has 6 heteroatoms. The van der Waals surface area contributed by atoms with Crippen molar-refractivity contribution in [2.75, 3.05) is 13.1 Å². The van der Waals surface area contributed by atoms with Crippen LogP contribution in [-0.4, -0.2) is 39.5 Å². The first-order valence-corrected chi connectivity index (χ1v) is 10.3. The Morgan fingerprint density at radius 2 is 1.93 bits per heavy atom. The molecule has 1 fully saturated rings. The van der Waals surface area contributed by atoms with Gasteiger partial charge in [0.1, 0.15) is 6.54 Å². The average Bonchev–Trinajstić information content (AvgIpc) is 2.99. The molecule has 2 aromatic heterocycles. The van der Waals surface area contributed by atoms with Crippen LogP contribution in [0.1, 0.15) is 29.8 Å². The summed E-state index contributed by atoms with van der Waals surface area (Å²) in [7, 11) is 0. The number of likely N-dealkylation sites (tertiary alicyclic amines) is 1. The number of nitrogens with zero attached hydrogens (tertiary/aromatic N) is 3. The number of para-hydroxylation sites is 1. The summed E-state index contributed by atoms with van der Waals surface area (Å²) in [5, 5.41) is 4.95. The highest BCUT2D eigenvalue weighted by Crippen LogP contribution is 2.26. The third-order valence-electron chi connectivity index (χ3n) is 5.94. The number of rotatable bonds is 7. The number of pyridine rings is 1. The highest BCUT2D eigenvalue weighted by atomic mass is 16.1. The van der Waals surface area contributed by atoms with Crippen LogP contribution in [0.4, 0.5) is 0 Å². The van der Waals surface area contributed by atoms with E-state index in [0.717, 1.165) is 55.9 Å². The summed E-state index contributed by atoms with van der Waals surface area (Å²) in [6.07, 6.45) is 4.12. The molecule has 0 unspecified atom stereocenters. The second-order valence-electron chi connectivity index (χ2n) is 7.89. The van der Waals surface area contributed by atoms with Crippen LogP contribution in [0, 0.1) is 6.92 Å². The number of carbonyl (C=O) groups is 1. The van der Waals surface area contributed by atoms with Crippen LogP contribution < -0.4 is 11.1 Å². The number of nitrogens with one attached hydrogen (secondary N) is 1. The van der Waals surface area contributed by atoms with E-state index in [1.165, 1.54) is 10.9 Å². The van der Waals surface area contributed by atoms with Crippen LogP contribution in [-0.2, 0) is 24.4 Å². The molecule has 0 saturated carbocycles. The summed E-state index contributed by atoms with van der Waals surface area (Å²) >= 11 is 0. The fourth-order valence-corrected chi connectivity index (χ4v) is 4.35. The van der Waals surface area contributed by atoms with Gasteiger partial charge in [-0.2, -0.15) is 0 Å². The SMILES string of the molecule is Cc1c(CNC2CCN(Cc3ccccn3)CC2)c2ccccc2n1CC(N)=O. The monoisotopic (exact) mass is 391 g/mol. The van der Waals surface area contributed by atoms with Crippen molar-refractivity contribution < 1.29 is 4.79 Å². The van der Waals surface area contributed by atoms with Crippen LogP contribution in [0.5, 0.6) is 0 Å². The highest BCUT2D eigenvalue weighted by Gasteiger charge is 2.21. The molecule has 1 saturated heterocycles. The number of piperidine rings is 1. The molecule has 1 aromatic carbocycles. The van der Waals surface area contributed by atoms with Gasteiger partial charge in [0, 0.05) is 55.0 Å². The number of primary amides is 1. The third kappa shape index (κ3) is 4.49. The van der Waals surface area contributed by atoms with Crippen molar-refractivity contribution in [1.29, 1.82) is 0 Å². The Labute approximate surface area is 171 Å². The number of benzene rings is 1. The van der Waals surface area contributed by atoms with Crippen LogP contribution >= 0.6 is 0 Å². The van der Waals surface area contributed by atoms with Crippen molar-refractivity contribution in [2.45, 2.75) is 45.4 Å². The number of aromatic nitrogens is 2. The van der Waals surface area contributed by atoms with Gasteiger partial charge in [-0.1, -0.05) is 24.3 Å². The lowest BCUT2D eigenvalue weighted by Gasteiger charge is -2.32. The molecule has 3 heterocycles. The molecule has 29 heavy (non-hydrogen) atoms. The molecule has 152 valence electrons. The molecule has 4 rings (SSSR count). The highest BCUT2D eigenvalue weighted by molar-refractivity contribution is 5.87. The maximum atomic E-state index is 11.5. The maximum absolute atomic E-state index is 11.5. The molecule has 1 amide bonds. The number of amides is 1. The fraction of sp³-hybridized carbons (Fsp3) is 0.391. The second-order valence-corrected chi connectivity index (χ2v) is 7.89. The van der Waals surface area contributed by atoms with Gasteiger partial charge in [0.2, 0.25) is 5.91 Å². The lowest BCUT2D eigenvalue weighted by molar-refractivity contribution is -0.118. The first-order chi connectivity index (χ1) is 14.1. The predicted octanol–water partition coefficient (Wildman–Crippen LogP) is 2.58. The van der Waals surface area contributed by atoms with Crippen molar-refractivity contribution in [2.24, 2.45) is 5.73 Å². The van der Waals surface area contributed by atoms with Crippen LogP contribution in [0.3, 0.4) is 0 Å². The topological polar surface area (TPSA) is 76.2 Å². The Balaban J connectivity index is 1.38.